The summed E-state index contributed by atoms with van der Waals surface area (Å²) in [5, 5.41) is 12.9. The quantitative estimate of drug-likeness (QED) is 0.872. The van der Waals surface area contributed by atoms with Crippen molar-refractivity contribution in [2.75, 3.05) is 6.61 Å². The first-order chi connectivity index (χ1) is 9.13. The van der Waals surface area contributed by atoms with Gasteiger partial charge in [0.2, 0.25) is 0 Å². The fourth-order valence-electron chi connectivity index (χ4n) is 3.80. The molecule has 19 heavy (non-hydrogen) atoms. The lowest BCUT2D eigenvalue weighted by Gasteiger charge is -2.55. The van der Waals surface area contributed by atoms with E-state index in [1.807, 2.05) is 12.1 Å². The Kier molecular flexibility index (Phi) is 3.37. The third-order valence-electron chi connectivity index (χ3n) is 4.80. The van der Waals surface area contributed by atoms with E-state index in [9.17, 15) is 0 Å². The summed E-state index contributed by atoms with van der Waals surface area (Å²) in [6, 6.07) is 8.69. The van der Waals surface area contributed by atoms with Crippen LogP contribution in [0.15, 0.2) is 24.3 Å². The van der Waals surface area contributed by atoms with Gasteiger partial charge in [-0.15, -0.1) is 0 Å². The summed E-state index contributed by atoms with van der Waals surface area (Å²) in [6.45, 7) is 6.48. The van der Waals surface area contributed by atoms with Gasteiger partial charge in [0.15, 0.2) is 0 Å². The number of aliphatic hydroxyl groups excluding tert-OH is 1. The van der Waals surface area contributed by atoms with Gasteiger partial charge in [0.1, 0.15) is 0 Å². The molecule has 3 rings (SSSR count). The lowest BCUT2D eigenvalue weighted by molar-refractivity contribution is -0.113. The number of nitrogens with one attached hydrogen (secondary N) is 1. The molecule has 3 heteroatoms. The molecule has 0 spiro atoms. The molecule has 1 aromatic carbocycles. The number of hydrogen-bond acceptors (Lipinski definition) is 3. The summed E-state index contributed by atoms with van der Waals surface area (Å²) in [4.78, 5) is 0. The fourth-order valence-corrected chi connectivity index (χ4v) is 3.80. The minimum absolute atomic E-state index is 0.112. The average molecular weight is 261 g/mol. The summed E-state index contributed by atoms with van der Waals surface area (Å²) in [7, 11) is 0. The van der Waals surface area contributed by atoms with Crippen LogP contribution in [-0.2, 0) is 17.9 Å². The summed E-state index contributed by atoms with van der Waals surface area (Å²) in [6.07, 6.45) is 1.62. The topological polar surface area (TPSA) is 41.5 Å². The van der Waals surface area contributed by atoms with E-state index < -0.39 is 0 Å². The Balaban J connectivity index is 1.63. The van der Waals surface area contributed by atoms with Gasteiger partial charge in [0.25, 0.3) is 0 Å². The van der Waals surface area contributed by atoms with Gasteiger partial charge in [0.05, 0.1) is 12.7 Å². The molecule has 3 atom stereocenters. The third kappa shape index (κ3) is 2.20. The van der Waals surface area contributed by atoms with Crippen LogP contribution >= 0.6 is 0 Å². The summed E-state index contributed by atoms with van der Waals surface area (Å²) in [5.41, 5.74) is 2.45. The molecule has 1 aliphatic heterocycles. The van der Waals surface area contributed by atoms with E-state index in [1.54, 1.807) is 0 Å². The molecule has 3 unspecified atom stereocenters. The Bertz CT molecular complexity index is 458. The minimum Gasteiger partial charge on any atom is -0.392 e. The average Bonchev–Trinajstić information content (AvgIpc) is 2.86. The van der Waals surface area contributed by atoms with Gasteiger partial charge in [-0.2, -0.15) is 0 Å². The van der Waals surface area contributed by atoms with Crippen LogP contribution in [0.1, 0.15) is 31.4 Å². The number of fused-ring (bicyclic) bond motifs is 1. The monoisotopic (exact) mass is 261 g/mol. The van der Waals surface area contributed by atoms with Crippen molar-refractivity contribution in [3.63, 3.8) is 0 Å². The zero-order valence-corrected chi connectivity index (χ0v) is 11.7. The van der Waals surface area contributed by atoms with Crippen LogP contribution in [0.5, 0.6) is 0 Å². The number of ether oxygens (including phenoxy) is 1. The molecule has 1 heterocycles. The van der Waals surface area contributed by atoms with E-state index in [0.29, 0.717) is 18.1 Å². The molecule has 1 saturated heterocycles. The van der Waals surface area contributed by atoms with E-state index in [4.69, 9.17) is 9.84 Å². The number of rotatable bonds is 4. The number of hydrogen-bond donors (Lipinski definition) is 2. The van der Waals surface area contributed by atoms with Gasteiger partial charge in [0, 0.05) is 30.5 Å². The van der Waals surface area contributed by atoms with E-state index in [1.165, 1.54) is 12.0 Å². The van der Waals surface area contributed by atoms with Crippen LogP contribution in [0.25, 0.3) is 0 Å². The van der Waals surface area contributed by atoms with E-state index in [-0.39, 0.29) is 12.0 Å². The molecule has 2 N–H and O–H groups in total. The maximum Gasteiger partial charge on any atom is 0.0685 e. The van der Waals surface area contributed by atoms with Crippen molar-refractivity contribution < 1.29 is 9.84 Å². The van der Waals surface area contributed by atoms with Gasteiger partial charge < -0.3 is 15.2 Å². The number of benzene rings is 1. The summed E-state index contributed by atoms with van der Waals surface area (Å²) in [5.74, 6) is 0.677. The van der Waals surface area contributed by atoms with Gasteiger partial charge >= 0.3 is 0 Å². The molecule has 1 saturated carbocycles. The predicted molar refractivity (Wildman–Crippen MR) is 74.6 cm³/mol. The van der Waals surface area contributed by atoms with Gasteiger partial charge in [-0.1, -0.05) is 38.1 Å². The molecule has 0 bridgehead atoms. The van der Waals surface area contributed by atoms with Crippen LogP contribution < -0.4 is 5.32 Å². The number of aliphatic hydroxyl groups is 1. The second-order valence-electron chi connectivity index (χ2n) is 6.40. The maximum atomic E-state index is 9.17. The van der Waals surface area contributed by atoms with Crippen molar-refractivity contribution in [2.24, 2.45) is 11.3 Å². The standard InChI is InChI=1S/C16H23NO2/c1-16(2)14(13-6-7-19-15(13)16)17-9-11-4-3-5-12(8-11)10-18/h3-5,8,13-15,17-18H,6-7,9-10H2,1-2H3. The van der Waals surface area contributed by atoms with Crippen LogP contribution in [0.2, 0.25) is 0 Å². The smallest absolute Gasteiger partial charge is 0.0685 e. The van der Waals surface area contributed by atoms with E-state index in [2.05, 4.69) is 31.3 Å². The Hall–Kier alpha value is -0.900. The molecule has 104 valence electrons. The normalized spacial score (nSPS) is 31.8. The van der Waals surface area contributed by atoms with Crippen LogP contribution in [0.3, 0.4) is 0 Å². The molecule has 0 amide bonds. The highest BCUT2D eigenvalue weighted by molar-refractivity contribution is 5.23. The van der Waals surface area contributed by atoms with Crippen LogP contribution in [0, 0.1) is 11.3 Å². The minimum atomic E-state index is 0.112. The largest absolute Gasteiger partial charge is 0.392 e. The molecule has 3 nitrogen and oxygen atoms in total. The van der Waals surface area contributed by atoms with Crippen LogP contribution in [0.4, 0.5) is 0 Å². The van der Waals surface area contributed by atoms with Gasteiger partial charge in [-0.25, -0.2) is 0 Å². The first kappa shape index (κ1) is 13.1. The highest BCUT2D eigenvalue weighted by Gasteiger charge is 2.58. The predicted octanol–water partition coefficient (Wildman–Crippen LogP) is 2.08. The van der Waals surface area contributed by atoms with Gasteiger partial charge in [-0.05, 0) is 17.5 Å². The lowest BCUT2D eigenvalue weighted by atomic mass is 9.57. The molecular weight excluding hydrogens is 238 g/mol. The molecule has 1 aromatic rings. The highest BCUT2D eigenvalue weighted by Crippen LogP contribution is 2.52. The first-order valence-electron chi connectivity index (χ1n) is 7.16. The molecule has 0 radical (unpaired) electrons. The van der Waals surface area contributed by atoms with Crippen molar-refractivity contribution in [2.45, 2.75) is 45.6 Å². The summed E-state index contributed by atoms with van der Waals surface area (Å²) < 4.78 is 5.81. The van der Waals surface area contributed by atoms with Crippen molar-refractivity contribution >= 4 is 0 Å². The van der Waals surface area contributed by atoms with Crippen molar-refractivity contribution in [1.29, 1.82) is 0 Å². The lowest BCUT2D eigenvalue weighted by Crippen LogP contribution is -2.65. The zero-order chi connectivity index (χ0) is 13.5. The fraction of sp³-hybridized carbons (Fsp3) is 0.625. The van der Waals surface area contributed by atoms with E-state index in [0.717, 1.165) is 18.7 Å². The Morgan fingerprint density at radius 2 is 2.16 bits per heavy atom. The Labute approximate surface area is 115 Å². The second kappa shape index (κ2) is 4.89. The zero-order valence-electron chi connectivity index (χ0n) is 11.7. The van der Waals surface area contributed by atoms with Crippen molar-refractivity contribution in [3.8, 4) is 0 Å². The summed E-state index contributed by atoms with van der Waals surface area (Å²) >= 11 is 0. The SMILES string of the molecule is CC1(C)C(NCc2cccc(CO)c2)C2CCOC21. The molecule has 0 aromatic heterocycles. The first-order valence-corrected chi connectivity index (χ1v) is 7.16. The maximum absolute atomic E-state index is 9.17. The molecular formula is C16H23NO2. The highest BCUT2D eigenvalue weighted by atomic mass is 16.5. The van der Waals surface area contributed by atoms with Gasteiger partial charge in [-0.3, -0.25) is 0 Å². The van der Waals surface area contributed by atoms with Crippen LogP contribution in [-0.4, -0.2) is 23.9 Å². The molecule has 2 aliphatic rings. The second-order valence-corrected chi connectivity index (χ2v) is 6.40. The molecule has 2 fully saturated rings. The molecule has 1 aliphatic carbocycles. The van der Waals surface area contributed by atoms with E-state index >= 15 is 0 Å². The third-order valence-corrected chi connectivity index (χ3v) is 4.80. The Morgan fingerprint density at radius 3 is 2.95 bits per heavy atom. The Morgan fingerprint density at radius 1 is 1.37 bits per heavy atom. The van der Waals surface area contributed by atoms with Crippen molar-refractivity contribution in [3.05, 3.63) is 35.4 Å². The van der Waals surface area contributed by atoms with Crippen molar-refractivity contribution in [1.82, 2.24) is 5.32 Å².